The van der Waals surface area contributed by atoms with Crippen molar-refractivity contribution in [1.82, 2.24) is 15.0 Å². The number of benzene rings is 4. The van der Waals surface area contributed by atoms with Crippen molar-refractivity contribution < 1.29 is 0 Å². The van der Waals surface area contributed by atoms with Crippen LogP contribution in [-0.4, -0.2) is 27.2 Å². The van der Waals surface area contributed by atoms with Gasteiger partial charge >= 0.3 is 0 Å². The van der Waals surface area contributed by atoms with Crippen molar-refractivity contribution >= 4 is 27.3 Å². The van der Waals surface area contributed by atoms with Crippen molar-refractivity contribution in [1.29, 1.82) is 0 Å². The molecule has 0 N–H and O–H groups in total. The van der Waals surface area contributed by atoms with Crippen LogP contribution in [-0.2, 0) is 0 Å². The molecular formula is C40H28N4. The summed E-state index contributed by atoms with van der Waals surface area (Å²) in [6.07, 6.45) is 11.0. The van der Waals surface area contributed by atoms with Gasteiger partial charge in [0.05, 0.1) is 22.8 Å². The van der Waals surface area contributed by atoms with Gasteiger partial charge in [0.1, 0.15) is 0 Å². The zero-order valence-electron chi connectivity index (χ0n) is 24.1. The molecule has 0 spiro atoms. The van der Waals surface area contributed by atoms with Gasteiger partial charge in [0.2, 0.25) is 0 Å². The normalized spacial score (nSPS) is 12.9. The molecule has 4 heterocycles. The van der Waals surface area contributed by atoms with Gasteiger partial charge in [-0.15, -0.1) is 0 Å². The zero-order chi connectivity index (χ0) is 29.3. The maximum absolute atomic E-state index is 4.89. The first-order valence-corrected chi connectivity index (χ1v) is 14.9. The fraction of sp³-hybridized carbons (Fsp3) is 0.0500. The Kier molecular flexibility index (Phi) is 6.58. The smallest absolute Gasteiger partial charge is 0.0886 e. The van der Waals surface area contributed by atoms with Gasteiger partial charge in [0, 0.05) is 36.3 Å². The lowest BCUT2D eigenvalue weighted by atomic mass is 9.85. The molecular weight excluding hydrogens is 536 g/mol. The highest BCUT2D eigenvalue weighted by molar-refractivity contribution is 6.22. The third kappa shape index (κ3) is 4.67. The summed E-state index contributed by atoms with van der Waals surface area (Å²) >= 11 is 0. The van der Waals surface area contributed by atoms with E-state index in [4.69, 9.17) is 9.97 Å². The fourth-order valence-corrected chi connectivity index (χ4v) is 6.18. The van der Waals surface area contributed by atoms with Crippen LogP contribution in [0.3, 0.4) is 0 Å². The molecule has 0 aliphatic carbocycles. The van der Waals surface area contributed by atoms with Gasteiger partial charge in [-0.3, -0.25) is 19.9 Å². The number of pyridine rings is 3. The molecule has 1 aliphatic rings. The average molecular weight is 565 g/mol. The summed E-state index contributed by atoms with van der Waals surface area (Å²) in [6, 6.07) is 40.5. The van der Waals surface area contributed by atoms with Crippen LogP contribution < -0.4 is 0 Å². The van der Waals surface area contributed by atoms with E-state index in [0.29, 0.717) is 0 Å². The first-order chi connectivity index (χ1) is 21.8. The molecule has 4 aromatic carbocycles. The van der Waals surface area contributed by atoms with E-state index in [1.54, 1.807) is 6.20 Å². The van der Waals surface area contributed by atoms with E-state index in [-0.39, 0.29) is 0 Å². The molecule has 208 valence electrons. The second-order valence-electron chi connectivity index (χ2n) is 11.0. The predicted octanol–water partition coefficient (Wildman–Crippen LogP) is 9.59. The molecule has 0 radical (unpaired) electrons. The van der Waals surface area contributed by atoms with Crippen molar-refractivity contribution in [2.45, 2.75) is 6.42 Å². The number of fused-ring (bicyclic) bond motifs is 2. The second kappa shape index (κ2) is 11.2. The monoisotopic (exact) mass is 564 g/mol. The van der Waals surface area contributed by atoms with Crippen LogP contribution in [0.2, 0.25) is 0 Å². The topological polar surface area (TPSA) is 51.0 Å². The van der Waals surface area contributed by atoms with Gasteiger partial charge in [-0.25, -0.2) is 0 Å². The van der Waals surface area contributed by atoms with E-state index in [1.165, 1.54) is 43.8 Å². The maximum atomic E-state index is 4.89. The van der Waals surface area contributed by atoms with Crippen LogP contribution in [0.25, 0.3) is 66.3 Å². The largest absolute Gasteiger partial charge is 0.283 e. The van der Waals surface area contributed by atoms with E-state index < -0.39 is 0 Å². The van der Waals surface area contributed by atoms with Gasteiger partial charge in [0.15, 0.2) is 0 Å². The molecule has 0 saturated heterocycles. The van der Waals surface area contributed by atoms with Crippen LogP contribution >= 0.6 is 0 Å². The fourth-order valence-electron chi connectivity index (χ4n) is 6.18. The number of nitrogens with zero attached hydrogens (tertiary/aromatic N) is 4. The van der Waals surface area contributed by atoms with Gasteiger partial charge in [-0.05, 0) is 86.6 Å². The summed E-state index contributed by atoms with van der Waals surface area (Å²) in [6.45, 7) is 0.811. The third-order valence-electron chi connectivity index (χ3n) is 8.28. The molecule has 0 saturated carbocycles. The molecule has 44 heavy (non-hydrogen) atoms. The highest BCUT2D eigenvalue weighted by Gasteiger charge is 2.18. The highest BCUT2D eigenvalue weighted by atomic mass is 14.8. The molecule has 0 atom stereocenters. The number of rotatable bonds is 5. The van der Waals surface area contributed by atoms with E-state index in [0.717, 1.165) is 46.9 Å². The molecule has 3 aromatic heterocycles. The lowest BCUT2D eigenvalue weighted by molar-refractivity contribution is 0.991. The molecule has 4 heteroatoms. The number of allylic oxidation sites excluding steroid dienone is 1. The van der Waals surface area contributed by atoms with Crippen molar-refractivity contribution in [2.24, 2.45) is 4.99 Å². The zero-order valence-corrected chi connectivity index (χ0v) is 24.1. The van der Waals surface area contributed by atoms with Gasteiger partial charge < -0.3 is 0 Å². The third-order valence-corrected chi connectivity index (χ3v) is 8.28. The Morgan fingerprint density at radius 3 is 1.75 bits per heavy atom. The summed E-state index contributed by atoms with van der Waals surface area (Å²) in [4.78, 5) is 18.9. The molecule has 8 rings (SSSR count). The number of hydrogen-bond donors (Lipinski definition) is 0. The molecule has 0 amide bonds. The second-order valence-corrected chi connectivity index (χ2v) is 11.0. The molecule has 0 bridgehead atoms. The van der Waals surface area contributed by atoms with Crippen LogP contribution in [0.5, 0.6) is 0 Å². The Hall–Kier alpha value is -5.74. The summed E-state index contributed by atoms with van der Waals surface area (Å²) in [5.74, 6) is 0. The first-order valence-electron chi connectivity index (χ1n) is 14.9. The van der Waals surface area contributed by atoms with E-state index in [9.17, 15) is 0 Å². The van der Waals surface area contributed by atoms with E-state index in [2.05, 4.69) is 119 Å². The molecule has 4 nitrogen and oxygen atoms in total. The maximum Gasteiger partial charge on any atom is 0.0886 e. The average Bonchev–Trinajstić information content (AvgIpc) is 3.12. The van der Waals surface area contributed by atoms with Crippen molar-refractivity contribution in [3.63, 3.8) is 0 Å². The minimum atomic E-state index is 0.811. The summed E-state index contributed by atoms with van der Waals surface area (Å²) in [5, 5.41) is 4.71. The number of aromatic nitrogens is 3. The standard InChI is InChI=1S/C40H28N4/c1-2-10-27(11-3-1)28-16-19-33-34(24-28)40(30-18-21-38(44-26-30)36-15-7-9-23-42-36)32-13-5-4-12-31(32)39(33)29-17-20-37(43-25-29)35-14-6-8-22-41-35/h1-8,10-22,24-26H,9,23H2. The first kappa shape index (κ1) is 25.9. The van der Waals surface area contributed by atoms with Gasteiger partial charge in [-0.1, -0.05) is 91.0 Å². The van der Waals surface area contributed by atoms with Crippen molar-refractivity contribution in [3.8, 4) is 44.8 Å². The lowest BCUT2D eigenvalue weighted by Crippen LogP contribution is -2.04. The predicted molar refractivity (Wildman–Crippen MR) is 182 cm³/mol. The summed E-state index contributed by atoms with van der Waals surface area (Å²) in [5.41, 5.74) is 10.4. The SMILES string of the molecule is C1=CC(c2ccc(-c3c4ccccc4c(-c4ccc(-c5ccccn5)nc4)c4ccc(-c5ccccc5)cc34)cn2)=NCC1. The van der Waals surface area contributed by atoms with Gasteiger partial charge in [-0.2, -0.15) is 0 Å². The minimum absolute atomic E-state index is 0.811. The van der Waals surface area contributed by atoms with Crippen LogP contribution in [0.4, 0.5) is 0 Å². The Bertz CT molecular complexity index is 2180. The summed E-state index contributed by atoms with van der Waals surface area (Å²) in [7, 11) is 0. The minimum Gasteiger partial charge on any atom is -0.283 e. The van der Waals surface area contributed by atoms with Crippen molar-refractivity contribution in [3.05, 3.63) is 152 Å². The number of hydrogen-bond acceptors (Lipinski definition) is 4. The number of aliphatic imine (C=N–C) groups is 1. The van der Waals surface area contributed by atoms with E-state index >= 15 is 0 Å². The quantitative estimate of drug-likeness (QED) is 0.196. The number of dihydropyridines is 1. The van der Waals surface area contributed by atoms with Crippen molar-refractivity contribution in [2.75, 3.05) is 6.54 Å². The highest BCUT2D eigenvalue weighted by Crippen LogP contribution is 2.44. The van der Waals surface area contributed by atoms with Crippen LogP contribution in [0.1, 0.15) is 12.1 Å². The molecule has 0 fully saturated rings. The Labute approximate surface area is 256 Å². The van der Waals surface area contributed by atoms with Crippen LogP contribution in [0.15, 0.2) is 151 Å². The lowest BCUT2D eigenvalue weighted by Gasteiger charge is -2.19. The van der Waals surface area contributed by atoms with Gasteiger partial charge in [0.25, 0.3) is 0 Å². The molecule has 1 aliphatic heterocycles. The Balaban J connectivity index is 1.37. The van der Waals surface area contributed by atoms with E-state index in [1.807, 2.05) is 30.6 Å². The Morgan fingerprint density at radius 2 is 1.09 bits per heavy atom. The summed E-state index contributed by atoms with van der Waals surface area (Å²) < 4.78 is 0. The molecule has 7 aromatic rings. The molecule has 0 unspecified atom stereocenters. The van der Waals surface area contributed by atoms with Crippen LogP contribution in [0, 0.1) is 0 Å². The Morgan fingerprint density at radius 1 is 0.455 bits per heavy atom.